The minimum Gasteiger partial charge on any atom is -0.417 e. The second-order valence-corrected chi connectivity index (χ2v) is 5.10. The van der Waals surface area contributed by atoms with Gasteiger partial charge in [0.15, 0.2) is 0 Å². The molecule has 1 amide bonds. The lowest BCUT2D eigenvalue weighted by Crippen LogP contribution is -2.13. The molecular weight excluding hydrogens is 304 g/mol. The number of para-hydroxylation sites is 1. The highest BCUT2D eigenvalue weighted by molar-refractivity contribution is 6.01. The number of nitriles is 1. The Morgan fingerprint density at radius 2 is 1.79 bits per heavy atom. The minimum absolute atomic E-state index is 0.120. The Morgan fingerprint density at radius 3 is 2.58 bits per heavy atom. The van der Waals surface area contributed by atoms with Crippen LogP contribution in [0.3, 0.4) is 0 Å². The van der Waals surface area contributed by atoms with E-state index in [4.69, 9.17) is 9.68 Å². The summed E-state index contributed by atoms with van der Waals surface area (Å²) in [4.78, 5) is 12.2. The number of rotatable bonds is 5. The first-order valence-corrected chi connectivity index (χ1v) is 7.43. The molecule has 0 saturated heterocycles. The number of hydrogen-bond acceptors (Lipinski definition) is 5. The van der Waals surface area contributed by atoms with Crippen molar-refractivity contribution in [3.8, 4) is 6.07 Å². The van der Waals surface area contributed by atoms with Crippen molar-refractivity contribution in [1.29, 1.82) is 5.26 Å². The van der Waals surface area contributed by atoms with Gasteiger partial charge in [-0.3, -0.25) is 4.79 Å². The Kier molecular flexibility index (Phi) is 4.63. The van der Waals surface area contributed by atoms with Gasteiger partial charge in [-0.05, 0) is 24.1 Å². The Hall–Kier alpha value is -3.46. The molecule has 0 spiro atoms. The zero-order valence-corrected chi connectivity index (χ0v) is 12.8. The van der Waals surface area contributed by atoms with Gasteiger partial charge < -0.3 is 9.73 Å². The smallest absolute Gasteiger partial charge is 0.313 e. The molecule has 0 atom stereocenters. The largest absolute Gasteiger partial charge is 0.417 e. The first kappa shape index (κ1) is 15.4. The van der Waals surface area contributed by atoms with Crippen LogP contribution < -0.4 is 5.32 Å². The van der Waals surface area contributed by atoms with Gasteiger partial charge in [-0.2, -0.15) is 5.26 Å². The van der Waals surface area contributed by atoms with Crippen LogP contribution in [0.1, 0.15) is 27.7 Å². The monoisotopic (exact) mass is 318 g/mol. The van der Waals surface area contributed by atoms with Crippen LogP contribution in [0.15, 0.2) is 59.0 Å². The van der Waals surface area contributed by atoms with Crippen LogP contribution in [0.2, 0.25) is 0 Å². The number of aromatic nitrogens is 2. The zero-order chi connectivity index (χ0) is 16.8. The molecule has 0 radical (unpaired) electrons. The molecule has 3 aromatic rings. The van der Waals surface area contributed by atoms with E-state index in [9.17, 15) is 4.79 Å². The van der Waals surface area contributed by atoms with Crippen molar-refractivity contribution in [3.05, 3.63) is 77.5 Å². The average molecular weight is 318 g/mol. The molecule has 1 aromatic heterocycles. The van der Waals surface area contributed by atoms with Gasteiger partial charge in [-0.1, -0.05) is 42.5 Å². The van der Waals surface area contributed by atoms with E-state index >= 15 is 0 Å². The Morgan fingerprint density at radius 1 is 1.04 bits per heavy atom. The summed E-state index contributed by atoms with van der Waals surface area (Å²) in [6.45, 7) is 0. The van der Waals surface area contributed by atoms with Crippen molar-refractivity contribution >= 4 is 11.6 Å². The highest BCUT2D eigenvalue weighted by Crippen LogP contribution is 2.15. The van der Waals surface area contributed by atoms with E-state index in [0.717, 1.165) is 12.0 Å². The third kappa shape index (κ3) is 3.65. The summed E-state index contributed by atoms with van der Waals surface area (Å²) in [5.41, 5.74) is 1.94. The lowest BCUT2D eigenvalue weighted by Gasteiger charge is -2.03. The Labute approximate surface area is 138 Å². The maximum absolute atomic E-state index is 12.2. The van der Waals surface area contributed by atoms with Crippen molar-refractivity contribution in [3.63, 3.8) is 0 Å². The number of carbonyl (C=O) groups excluding carboxylic acids is 1. The van der Waals surface area contributed by atoms with Gasteiger partial charge in [0.05, 0.1) is 11.3 Å². The molecule has 3 rings (SSSR count). The lowest BCUT2D eigenvalue weighted by atomic mass is 10.1. The van der Waals surface area contributed by atoms with E-state index in [1.807, 2.05) is 36.4 Å². The maximum Gasteiger partial charge on any atom is 0.313 e. The van der Waals surface area contributed by atoms with Crippen LogP contribution >= 0.6 is 0 Å². The topological polar surface area (TPSA) is 91.8 Å². The number of carbonyl (C=O) groups is 1. The molecule has 0 bridgehead atoms. The zero-order valence-electron chi connectivity index (χ0n) is 12.8. The van der Waals surface area contributed by atoms with Gasteiger partial charge >= 0.3 is 11.8 Å². The van der Waals surface area contributed by atoms with E-state index in [0.29, 0.717) is 23.6 Å². The molecule has 0 fully saturated rings. The maximum atomic E-state index is 12.2. The minimum atomic E-state index is -0.531. The van der Waals surface area contributed by atoms with Crippen LogP contribution in [0.4, 0.5) is 5.69 Å². The highest BCUT2D eigenvalue weighted by atomic mass is 16.4. The Bertz CT molecular complexity index is 881. The molecule has 0 aliphatic rings. The molecule has 0 aliphatic heterocycles. The molecule has 118 valence electrons. The highest BCUT2D eigenvalue weighted by Gasteiger charge is 2.16. The SMILES string of the molecule is N#Cc1ccccc1NC(=O)c1nnc(CCc2ccccc2)o1. The summed E-state index contributed by atoms with van der Waals surface area (Å²) in [5, 5.41) is 19.3. The number of nitrogens with one attached hydrogen (secondary N) is 1. The van der Waals surface area contributed by atoms with Crippen LogP contribution in [0.5, 0.6) is 0 Å². The van der Waals surface area contributed by atoms with Gasteiger partial charge in [-0.25, -0.2) is 0 Å². The van der Waals surface area contributed by atoms with Crippen LogP contribution in [0, 0.1) is 11.3 Å². The number of nitrogens with zero attached hydrogens (tertiary/aromatic N) is 3. The normalized spacial score (nSPS) is 10.1. The fourth-order valence-electron chi connectivity index (χ4n) is 2.21. The van der Waals surface area contributed by atoms with E-state index < -0.39 is 5.91 Å². The van der Waals surface area contributed by atoms with E-state index in [1.165, 1.54) is 0 Å². The van der Waals surface area contributed by atoms with Gasteiger partial charge in [0.25, 0.3) is 0 Å². The molecule has 6 heteroatoms. The van der Waals surface area contributed by atoms with E-state index in [1.54, 1.807) is 24.3 Å². The second kappa shape index (κ2) is 7.20. The van der Waals surface area contributed by atoms with Gasteiger partial charge in [0.2, 0.25) is 5.89 Å². The summed E-state index contributed by atoms with van der Waals surface area (Å²) in [6, 6.07) is 18.7. The third-order valence-corrected chi connectivity index (χ3v) is 3.43. The van der Waals surface area contributed by atoms with Crippen LogP contribution in [-0.2, 0) is 12.8 Å². The molecule has 6 nitrogen and oxygen atoms in total. The number of aryl methyl sites for hydroxylation is 2. The van der Waals surface area contributed by atoms with Crippen LogP contribution in [-0.4, -0.2) is 16.1 Å². The second-order valence-electron chi connectivity index (χ2n) is 5.10. The first-order chi connectivity index (χ1) is 11.8. The molecule has 24 heavy (non-hydrogen) atoms. The summed E-state index contributed by atoms with van der Waals surface area (Å²) < 4.78 is 5.40. The van der Waals surface area contributed by atoms with Gasteiger partial charge in [0.1, 0.15) is 6.07 Å². The summed E-state index contributed by atoms with van der Waals surface area (Å²) in [5.74, 6) is -0.250. The quantitative estimate of drug-likeness (QED) is 0.780. The van der Waals surface area contributed by atoms with Crippen molar-refractivity contribution in [2.24, 2.45) is 0 Å². The molecule has 0 aliphatic carbocycles. The van der Waals surface area contributed by atoms with Crippen LogP contribution in [0.25, 0.3) is 0 Å². The lowest BCUT2D eigenvalue weighted by molar-refractivity contribution is 0.0988. The predicted octanol–water partition coefficient (Wildman–Crippen LogP) is 2.98. The van der Waals surface area contributed by atoms with Crippen molar-refractivity contribution in [1.82, 2.24) is 10.2 Å². The van der Waals surface area contributed by atoms with Crippen molar-refractivity contribution < 1.29 is 9.21 Å². The molecule has 1 N–H and O–H groups in total. The number of amides is 1. The van der Waals surface area contributed by atoms with E-state index in [2.05, 4.69) is 15.5 Å². The van der Waals surface area contributed by atoms with Gasteiger partial charge in [0, 0.05) is 6.42 Å². The first-order valence-electron chi connectivity index (χ1n) is 7.43. The van der Waals surface area contributed by atoms with E-state index in [-0.39, 0.29) is 5.89 Å². The molecule has 2 aromatic carbocycles. The fourth-order valence-corrected chi connectivity index (χ4v) is 2.21. The third-order valence-electron chi connectivity index (χ3n) is 3.43. The summed E-state index contributed by atoms with van der Waals surface area (Å²) >= 11 is 0. The molecule has 1 heterocycles. The fraction of sp³-hybridized carbons (Fsp3) is 0.111. The van der Waals surface area contributed by atoms with Gasteiger partial charge in [-0.15, -0.1) is 10.2 Å². The summed E-state index contributed by atoms with van der Waals surface area (Å²) in [6.07, 6.45) is 1.31. The van der Waals surface area contributed by atoms with Crippen molar-refractivity contribution in [2.45, 2.75) is 12.8 Å². The van der Waals surface area contributed by atoms with Crippen molar-refractivity contribution in [2.75, 3.05) is 5.32 Å². The summed E-state index contributed by atoms with van der Waals surface area (Å²) in [7, 11) is 0. The molecular formula is C18H14N4O2. The molecule has 0 saturated carbocycles. The number of anilines is 1. The predicted molar refractivity (Wildman–Crippen MR) is 87.3 cm³/mol. The average Bonchev–Trinajstić information content (AvgIpc) is 3.10. The molecule has 0 unspecified atom stereocenters. The Balaban J connectivity index is 1.64. The standard InChI is InChI=1S/C18H14N4O2/c19-12-14-8-4-5-9-15(14)20-17(23)18-22-21-16(24-18)11-10-13-6-2-1-3-7-13/h1-9H,10-11H2,(H,20,23). The number of hydrogen-bond donors (Lipinski definition) is 1. The number of benzene rings is 2.